The highest BCUT2D eigenvalue weighted by Crippen LogP contribution is 2.25. The van der Waals surface area contributed by atoms with Gasteiger partial charge in [-0.05, 0) is 52.3 Å². The third kappa shape index (κ3) is 9.13. The number of esters is 1. The van der Waals surface area contributed by atoms with Gasteiger partial charge in [-0.15, -0.1) is 0 Å². The van der Waals surface area contributed by atoms with Crippen molar-refractivity contribution in [3.8, 4) is 0 Å². The first-order chi connectivity index (χ1) is 13.9. The SMILES string of the molecule is COC(=O)C(C)(CC/C(F)=C/CNC(=O)OC(C)(C)C)N=Cc1ccc(Cl)cc1Cl. The van der Waals surface area contributed by atoms with Crippen LogP contribution in [-0.4, -0.2) is 43.1 Å². The minimum atomic E-state index is -1.32. The minimum Gasteiger partial charge on any atom is -0.467 e. The maximum absolute atomic E-state index is 14.2. The summed E-state index contributed by atoms with van der Waals surface area (Å²) >= 11 is 12.0. The number of halogens is 3. The summed E-state index contributed by atoms with van der Waals surface area (Å²) in [5.41, 5.74) is -1.39. The molecule has 1 rings (SSSR count). The Morgan fingerprint density at radius 1 is 1.23 bits per heavy atom. The molecule has 0 aliphatic carbocycles. The molecule has 0 heterocycles. The fourth-order valence-corrected chi connectivity index (χ4v) is 2.74. The first-order valence-corrected chi connectivity index (χ1v) is 10.0. The van der Waals surface area contributed by atoms with Crippen molar-refractivity contribution < 1.29 is 23.5 Å². The van der Waals surface area contributed by atoms with Gasteiger partial charge >= 0.3 is 12.1 Å². The number of amides is 1. The van der Waals surface area contributed by atoms with Crippen molar-refractivity contribution in [1.82, 2.24) is 5.32 Å². The van der Waals surface area contributed by atoms with Crippen molar-refractivity contribution >= 4 is 41.5 Å². The molecule has 1 atom stereocenters. The Labute approximate surface area is 186 Å². The van der Waals surface area contributed by atoms with Crippen LogP contribution in [0.5, 0.6) is 0 Å². The van der Waals surface area contributed by atoms with Crippen LogP contribution in [0.25, 0.3) is 0 Å². The van der Waals surface area contributed by atoms with E-state index < -0.39 is 29.0 Å². The van der Waals surface area contributed by atoms with Gasteiger partial charge in [0, 0.05) is 29.8 Å². The Kier molecular flexibility index (Phi) is 9.78. The van der Waals surface area contributed by atoms with Crippen molar-refractivity contribution in [3.05, 3.63) is 45.7 Å². The van der Waals surface area contributed by atoms with E-state index in [1.807, 2.05) is 0 Å². The Hall–Kier alpha value is -2.12. The van der Waals surface area contributed by atoms with Crippen molar-refractivity contribution in [3.63, 3.8) is 0 Å². The summed E-state index contributed by atoms with van der Waals surface area (Å²) in [5, 5.41) is 3.28. The molecule has 0 bridgehead atoms. The number of benzene rings is 1. The number of alkyl carbamates (subject to hydrolysis) is 1. The zero-order valence-corrected chi connectivity index (χ0v) is 19.2. The molecule has 1 unspecified atom stereocenters. The number of carbonyl (C=O) groups is 2. The molecule has 0 aliphatic heterocycles. The molecular formula is C21H27Cl2FN2O4. The summed E-state index contributed by atoms with van der Waals surface area (Å²) in [4.78, 5) is 28.1. The van der Waals surface area contributed by atoms with E-state index in [9.17, 15) is 14.0 Å². The predicted octanol–water partition coefficient (Wildman–Crippen LogP) is 5.50. The lowest BCUT2D eigenvalue weighted by atomic mass is 9.96. The fourth-order valence-electron chi connectivity index (χ4n) is 2.28. The molecule has 0 aromatic heterocycles. The molecule has 1 aromatic rings. The largest absolute Gasteiger partial charge is 0.467 e. The van der Waals surface area contributed by atoms with Gasteiger partial charge in [-0.3, -0.25) is 4.99 Å². The van der Waals surface area contributed by atoms with Crippen LogP contribution in [0.2, 0.25) is 10.0 Å². The van der Waals surface area contributed by atoms with Crippen molar-refractivity contribution in [1.29, 1.82) is 0 Å². The van der Waals surface area contributed by atoms with E-state index in [2.05, 4.69) is 10.3 Å². The average Bonchev–Trinajstić information content (AvgIpc) is 2.63. The summed E-state index contributed by atoms with van der Waals surface area (Å²) in [6.45, 7) is 6.70. The Morgan fingerprint density at radius 3 is 2.47 bits per heavy atom. The van der Waals surface area contributed by atoms with Gasteiger partial charge < -0.3 is 14.8 Å². The average molecular weight is 461 g/mol. The molecular weight excluding hydrogens is 434 g/mol. The van der Waals surface area contributed by atoms with E-state index in [0.717, 1.165) is 0 Å². The number of ether oxygens (including phenoxy) is 2. The van der Waals surface area contributed by atoms with E-state index in [4.69, 9.17) is 32.7 Å². The molecule has 1 N–H and O–H groups in total. The normalized spacial score (nSPS) is 14.3. The molecule has 9 heteroatoms. The van der Waals surface area contributed by atoms with Crippen LogP contribution in [0.1, 0.15) is 46.1 Å². The topological polar surface area (TPSA) is 77.0 Å². The van der Waals surface area contributed by atoms with Crippen LogP contribution >= 0.6 is 23.2 Å². The number of methoxy groups -OCH3 is 1. The number of nitrogens with one attached hydrogen (secondary N) is 1. The van der Waals surface area contributed by atoms with Crippen LogP contribution in [0.3, 0.4) is 0 Å². The summed E-state index contributed by atoms with van der Waals surface area (Å²) in [7, 11) is 1.24. The molecule has 0 saturated heterocycles. The molecule has 1 aromatic carbocycles. The van der Waals surface area contributed by atoms with Gasteiger partial charge in [0.05, 0.1) is 18.0 Å². The highest BCUT2D eigenvalue weighted by atomic mass is 35.5. The van der Waals surface area contributed by atoms with E-state index in [-0.39, 0.29) is 19.4 Å². The lowest BCUT2D eigenvalue weighted by Crippen LogP contribution is -2.35. The molecule has 30 heavy (non-hydrogen) atoms. The monoisotopic (exact) mass is 460 g/mol. The number of hydrogen-bond acceptors (Lipinski definition) is 5. The summed E-state index contributed by atoms with van der Waals surface area (Å²) in [6.07, 6.45) is 1.97. The minimum absolute atomic E-state index is 0.0423. The van der Waals surface area contributed by atoms with Crippen LogP contribution in [0.15, 0.2) is 35.1 Å². The Balaban J connectivity index is 2.76. The maximum Gasteiger partial charge on any atom is 0.407 e. The van der Waals surface area contributed by atoms with Gasteiger partial charge in [0.25, 0.3) is 0 Å². The second-order valence-corrected chi connectivity index (χ2v) is 8.57. The smallest absolute Gasteiger partial charge is 0.407 e. The molecule has 0 radical (unpaired) electrons. The molecule has 1 amide bonds. The molecule has 166 valence electrons. The quantitative estimate of drug-likeness (QED) is 0.410. The number of allylic oxidation sites excluding steroid dienone is 1. The summed E-state index contributed by atoms with van der Waals surface area (Å²) < 4.78 is 24.1. The summed E-state index contributed by atoms with van der Waals surface area (Å²) in [5.74, 6) is -1.11. The second-order valence-electron chi connectivity index (χ2n) is 7.72. The van der Waals surface area contributed by atoms with Gasteiger partial charge in [0.1, 0.15) is 5.60 Å². The van der Waals surface area contributed by atoms with Crippen molar-refractivity contribution in [2.24, 2.45) is 4.99 Å². The van der Waals surface area contributed by atoms with E-state index in [1.54, 1.807) is 45.9 Å². The van der Waals surface area contributed by atoms with Crippen molar-refractivity contribution in [2.45, 2.75) is 51.7 Å². The lowest BCUT2D eigenvalue weighted by molar-refractivity contribution is -0.146. The number of carbonyl (C=O) groups excluding carboxylic acids is 2. The maximum atomic E-state index is 14.2. The molecule has 6 nitrogen and oxygen atoms in total. The standard InChI is InChI=1S/C21H27Cl2FN2O4/c1-20(2,3)30-19(28)25-11-9-16(24)8-10-21(4,18(27)29-5)26-13-14-6-7-15(22)12-17(14)23/h6-7,9,12-13H,8,10-11H2,1-5H3,(H,25,28)/b16-9-,26-13?. The van der Waals surface area contributed by atoms with E-state index >= 15 is 0 Å². The first kappa shape index (κ1) is 25.9. The molecule has 0 saturated carbocycles. The number of hydrogen-bond donors (Lipinski definition) is 1. The Bertz CT molecular complexity index is 822. The number of aliphatic imine (C=N–C) groups is 1. The van der Waals surface area contributed by atoms with Crippen LogP contribution < -0.4 is 5.32 Å². The fraction of sp³-hybridized carbons (Fsp3) is 0.476. The number of rotatable bonds is 8. The van der Waals surface area contributed by atoms with E-state index in [1.165, 1.54) is 19.4 Å². The van der Waals surface area contributed by atoms with Gasteiger partial charge in [-0.25, -0.2) is 14.0 Å². The van der Waals surface area contributed by atoms with Crippen LogP contribution in [0.4, 0.5) is 9.18 Å². The van der Waals surface area contributed by atoms with Crippen molar-refractivity contribution in [2.75, 3.05) is 13.7 Å². The zero-order valence-electron chi connectivity index (χ0n) is 17.7. The highest BCUT2D eigenvalue weighted by Gasteiger charge is 2.33. The predicted molar refractivity (Wildman–Crippen MR) is 117 cm³/mol. The van der Waals surface area contributed by atoms with Crippen LogP contribution in [-0.2, 0) is 14.3 Å². The van der Waals surface area contributed by atoms with Crippen LogP contribution in [0, 0.1) is 0 Å². The Morgan fingerprint density at radius 2 is 1.90 bits per heavy atom. The summed E-state index contributed by atoms with van der Waals surface area (Å²) in [6, 6.07) is 4.86. The molecule has 0 fully saturated rings. The molecule has 0 spiro atoms. The zero-order chi connectivity index (χ0) is 22.9. The number of nitrogens with zero attached hydrogens (tertiary/aromatic N) is 1. The first-order valence-electron chi connectivity index (χ1n) is 9.26. The van der Waals surface area contributed by atoms with Gasteiger partial charge in [0.15, 0.2) is 5.54 Å². The lowest BCUT2D eigenvalue weighted by Gasteiger charge is -2.22. The third-order valence-corrected chi connectivity index (χ3v) is 4.46. The van der Waals surface area contributed by atoms with Gasteiger partial charge in [0.2, 0.25) is 0 Å². The second kappa shape index (κ2) is 11.3. The molecule has 0 aliphatic rings. The van der Waals surface area contributed by atoms with E-state index in [0.29, 0.717) is 15.6 Å². The third-order valence-electron chi connectivity index (χ3n) is 3.90. The highest BCUT2D eigenvalue weighted by molar-refractivity contribution is 6.36. The van der Waals surface area contributed by atoms with Gasteiger partial charge in [-0.2, -0.15) is 0 Å². The van der Waals surface area contributed by atoms with Gasteiger partial charge in [-0.1, -0.05) is 29.3 Å².